The Morgan fingerprint density at radius 2 is 1.22 bits per heavy atom. The van der Waals surface area contributed by atoms with E-state index in [1.165, 1.54) is 36.4 Å². The number of hydrogen-bond donors (Lipinski definition) is 1. The fraction of sp³-hybridized carbons (Fsp3) is 0.250. The normalized spacial score (nSPS) is 13.7. The summed E-state index contributed by atoms with van der Waals surface area (Å²) in [6.07, 6.45) is -12.6. The van der Waals surface area contributed by atoms with Gasteiger partial charge in [-0.2, -0.15) is 26.3 Å². The highest BCUT2D eigenvalue weighted by molar-refractivity contribution is 6.01. The summed E-state index contributed by atoms with van der Waals surface area (Å²) in [4.78, 5) is 11.4. The molecule has 0 amide bonds. The molecule has 37 heavy (non-hydrogen) atoms. The van der Waals surface area contributed by atoms with E-state index in [-0.39, 0.29) is 16.8 Å². The number of benzene rings is 2. The summed E-state index contributed by atoms with van der Waals surface area (Å²) in [6.45, 7) is 4.40. The minimum atomic E-state index is -4.64. The molecule has 0 bridgehead atoms. The molecule has 2 rings (SSSR count). The SMILES string of the molecule is C=CC(OC/C(=N\O)c1ccccc1F)C(F)(F)F.C=CC(OCC(=O)c1ccccc1F)C(F)(F)F. The fourth-order valence-corrected chi connectivity index (χ4v) is 2.55. The van der Waals surface area contributed by atoms with Crippen LogP contribution in [0, 0.1) is 11.6 Å². The third kappa shape index (κ3) is 10.1. The number of halogens is 8. The van der Waals surface area contributed by atoms with E-state index in [2.05, 4.69) is 27.8 Å². The maximum atomic E-state index is 13.4. The summed E-state index contributed by atoms with van der Waals surface area (Å²) in [5, 5.41) is 11.5. The molecule has 0 saturated carbocycles. The minimum absolute atomic E-state index is 0.130. The first-order valence-electron chi connectivity index (χ1n) is 10.1. The number of rotatable bonds is 10. The second-order valence-electron chi connectivity index (χ2n) is 6.95. The van der Waals surface area contributed by atoms with E-state index >= 15 is 0 Å². The van der Waals surface area contributed by atoms with E-state index < -0.39 is 55.2 Å². The van der Waals surface area contributed by atoms with E-state index in [1.54, 1.807) is 0 Å². The van der Waals surface area contributed by atoms with Crippen LogP contribution in [0.5, 0.6) is 0 Å². The topological polar surface area (TPSA) is 68.1 Å². The van der Waals surface area contributed by atoms with Crippen molar-refractivity contribution in [3.8, 4) is 0 Å². The molecule has 0 fully saturated rings. The molecule has 2 unspecified atom stereocenters. The molecule has 0 radical (unpaired) electrons. The van der Waals surface area contributed by atoms with Crippen LogP contribution in [0.25, 0.3) is 0 Å². The van der Waals surface area contributed by atoms with Gasteiger partial charge in [0.25, 0.3) is 0 Å². The predicted octanol–water partition coefficient (Wildman–Crippen LogP) is 6.28. The molecule has 0 heterocycles. The van der Waals surface area contributed by atoms with Crippen molar-refractivity contribution >= 4 is 11.5 Å². The van der Waals surface area contributed by atoms with Gasteiger partial charge in [-0.05, 0) is 24.3 Å². The summed E-state index contributed by atoms with van der Waals surface area (Å²) >= 11 is 0. The summed E-state index contributed by atoms with van der Waals surface area (Å²) in [6, 6.07) is 10.2. The van der Waals surface area contributed by atoms with E-state index in [4.69, 9.17) is 5.21 Å². The van der Waals surface area contributed by atoms with E-state index in [0.29, 0.717) is 12.2 Å². The molecule has 13 heteroatoms. The summed E-state index contributed by atoms with van der Waals surface area (Å²) in [7, 11) is 0. The van der Waals surface area contributed by atoms with E-state index in [0.717, 1.165) is 12.1 Å². The lowest BCUT2D eigenvalue weighted by molar-refractivity contribution is -0.200. The Morgan fingerprint density at radius 1 is 0.811 bits per heavy atom. The second-order valence-corrected chi connectivity index (χ2v) is 6.95. The van der Waals surface area contributed by atoms with Crippen molar-refractivity contribution in [3.63, 3.8) is 0 Å². The Kier molecular flexibility index (Phi) is 12.1. The predicted molar refractivity (Wildman–Crippen MR) is 117 cm³/mol. The van der Waals surface area contributed by atoms with Crippen LogP contribution in [0.2, 0.25) is 0 Å². The van der Waals surface area contributed by atoms with Gasteiger partial charge in [-0.3, -0.25) is 4.79 Å². The molecule has 0 aromatic heterocycles. The molecule has 202 valence electrons. The third-order valence-electron chi connectivity index (χ3n) is 4.35. The standard InChI is InChI=1S/C12H11F4NO2.C12H10F4O2/c1-2-11(12(14,15)16)19-7-10(17-18)8-5-3-4-6-9(8)13;1-2-11(12(14,15)16)18-7-10(17)8-5-3-4-6-9(8)13/h2-6,11,18H,1,7H2;2-6,11H,1,7H2/b17-10+;. The van der Waals surface area contributed by atoms with Gasteiger partial charge >= 0.3 is 12.4 Å². The van der Waals surface area contributed by atoms with Gasteiger partial charge in [-0.25, -0.2) is 8.78 Å². The molecule has 0 spiro atoms. The molecule has 2 aromatic carbocycles. The Morgan fingerprint density at radius 3 is 1.59 bits per heavy atom. The maximum absolute atomic E-state index is 13.4. The Bertz CT molecular complexity index is 1080. The molecular formula is C24H21F8NO4. The van der Waals surface area contributed by atoms with E-state index in [9.17, 15) is 39.9 Å². The first-order chi connectivity index (χ1) is 17.3. The van der Waals surface area contributed by atoms with Crippen molar-refractivity contribution in [1.29, 1.82) is 0 Å². The van der Waals surface area contributed by atoms with Crippen molar-refractivity contribution in [2.45, 2.75) is 24.6 Å². The van der Waals surface area contributed by atoms with Gasteiger partial charge in [0.1, 0.15) is 24.0 Å². The summed E-state index contributed by atoms with van der Waals surface area (Å²) in [5.41, 5.74) is -0.772. The monoisotopic (exact) mass is 539 g/mol. The molecule has 0 aliphatic rings. The van der Waals surface area contributed by atoms with Crippen LogP contribution >= 0.6 is 0 Å². The maximum Gasteiger partial charge on any atom is 0.418 e. The Labute approximate surface area is 206 Å². The average Bonchev–Trinajstić information content (AvgIpc) is 2.82. The molecule has 0 aliphatic heterocycles. The van der Waals surface area contributed by atoms with Gasteiger partial charge in [0.2, 0.25) is 0 Å². The molecule has 0 aliphatic carbocycles. The van der Waals surface area contributed by atoms with Crippen LogP contribution in [-0.4, -0.2) is 54.5 Å². The van der Waals surface area contributed by atoms with Gasteiger partial charge in [0.15, 0.2) is 18.0 Å². The average molecular weight is 539 g/mol. The fourth-order valence-electron chi connectivity index (χ4n) is 2.55. The first kappa shape index (κ1) is 31.4. The van der Waals surface area contributed by atoms with Crippen LogP contribution in [0.4, 0.5) is 35.1 Å². The van der Waals surface area contributed by atoms with E-state index in [1.807, 2.05) is 0 Å². The molecule has 2 atom stereocenters. The van der Waals surface area contributed by atoms with Gasteiger partial charge in [0, 0.05) is 5.56 Å². The third-order valence-corrected chi connectivity index (χ3v) is 4.35. The summed E-state index contributed by atoms with van der Waals surface area (Å²) in [5.74, 6) is -2.38. The number of carbonyl (C=O) groups excluding carboxylic acids is 1. The highest BCUT2D eigenvalue weighted by Crippen LogP contribution is 2.25. The number of oxime groups is 1. The van der Waals surface area contributed by atoms with Crippen molar-refractivity contribution in [3.05, 3.63) is 96.6 Å². The van der Waals surface area contributed by atoms with Crippen molar-refractivity contribution in [2.75, 3.05) is 13.2 Å². The quantitative estimate of drug-likeness (QED) is 0.0964. The van der Waals surface area contributed by atoms with Gasteiger partial charge in [-0.15, -0.1) is 13.2 Å². The number of hydrogen-bond acceptors (Lipinski definition) is 5. The summed E-state index contributed by atoms with van der Waals surface area (Å²) < 4.78 is 109. The van der Waals surface area contributed by atoms with Crippen LogP contribution in [0.3, 0.4) is 0 Å². The largest absolute Gasteiger partial charge is 0.418 e. The zero-order valence-corrected chi connectivity index (χ0v) is 18.9. The highest BCUT2D eigenvalue weighted by atomic mass is 19.4. The number of carbonyl (C=O) groups is 1. The number of nitrogens with zero attached hydrogens (tertiary/aromatic N) is 1. The van der Waals surface area contributed by atoms with Crippen molar-refractivity contribution in [2.24, 2.45) is 5.16 Å². The molecule has 0 saturated heterocycles. The highest BCUT2D eigenvalue weighted by Gasteiger charge is 2.39. The zero-order chi connectivity index (χ0) is 28.2. The van der Waals surface area contributed by atoms with Crippen LogP contribution < -0.4 is 0 Å². The number of Topliss-reactive ketones (excluding diaryl/α,β-unsaturated/α-hetero) is 1. The molecular weight excluding hydrogens is 518 g/mol. The van der Waals surface area contributed by atoms with Crippen molar-refractivity contribution < 1.29 is 54.6 Å². The lowest BCUT2D eigenvalue weighted by Crippen LogP contribution is -2.31. The van der Waals surface area contributed by atoms with Crippen molar-refractivity contribution in [1.82, 2.24) is 0 Å². The zero-order valence-electron chi connectivity index (χ0n) is 18.9. The second kappa shape index (κ2) is 14.2. The Balaban J connectivity index is 0.000000371. The smallest absolute Gasteiger partial charge is 0.411 e. The number of alkyl halides is 6. The minimum Gasteiger partial charge on any atom is -0.411 e. The number of ether oxygens (including phenoxy) is 2. The molecule has 5 nitrogen and oxygen atoms in total. The lowest BCUT2D eigenvalue weighted by Gasteiger charge is -2.17. The van der Waals surface area contributed by atoms with Gasteiger partial charge < -0.3 is 14.7 Å². The molecule has 2 aromatic rings. The van der Waals surface area contributed by atoms with Crippen LogP contribution in [0.15, 0.2) is 79.0 Å². The van der Waals surface area contributed by atoms with Gasteiger partial charge in [0.05, 0.1) is 12.2 Å². The Hall–Kier alpha value is -3.58. The van der Waals surface area contributed by atoms with Crippen LogP contribution in [-0.2, 0) is 9.47 Å². The van der Waals surface area contributed by atoms with Crippen LogP contribution in [0.1, 0.15) is 15.9 Å². The lowest BCUT2D eigenvalue weighted by atomic mass is 10.1. The molecule has 1 N–H and O–H groups in total. The first-order valence-corrected chi connectivity index (χ1v) is 10.1. The number of ketones is 1. The van der Waals surface area contributed by atoms with Gasteiger partial charge in [-0.1, -0.05) is 41.6 Å².